The van der Waals surface area contributed by atoms with Crippen LogP contribution in [0.4, 0.5) is 5.13 Å². The van der Waals surface area contributed by atoms with Gasteiger partial charge in [-0.2, -0.15) is 0 Å². The third kappa shape index (κ3) is 1.59. The minimum absolute atomic E-state index is 0.209. The van der Waals surface area contributed by atoms with Crippen molar-refractivity contribution in [2.24, 2.45) is 0 Å². The zero-order valence-corrected chi connectivity index (χ0v) is 12.7. The Kier molecular flexibility index (Phi) is 2.57. The van der Waals surface area contributed by atoms with Crippen LogP contribution in [0.1, 0.15) is 10.4 Å². The van der Waals surface area contributed by atoms with E-state index >= 15 is 0 Å². The Bertz CT molecular complexity index is 806. The first-order chi connectivity index (χ1) is 9.75. The molecule has 0 bridgehead atoms. The van der Waals surface area contributed by atoms with E-state index in [0.29, 0.717) is 15.2 Å². The van der Waals surface area contributed by atoms with Crippen molar-refractivity contribution in [2.45, 2.75) is 0 Å². The van der Waals surface area contributed by atoms with Gasteiger partial charge >= 0.3 is 123 Å². The zero-order valence-electron chi connectivity index (χ0n) is 10.1. The van der Waals surface area contributed by atoms with E-state index in [0.717, 1.165) is 10.2 Å². The number of anilines is 1. The molecule has 2 heterocycles. The number of hydrogen-bond acceptors (Lipinski definition) is 4. The van der Waals surface area contributed by atoms with E-state index in [9.17, 15) is 8.63 Å². The van der Waals surface area contributed by atoms with Crippen molar-refractivity contribution >= 4 is 51.1 Å². The van der Waals surface area contributed by atoms with Crippen molar-refractivity contribution < 1.29 is 8.63 Å². The van der Waals surface area contributed by atoms with Crippen molar-refractivity contribution in [3.8, 4) is 0 Å². The van der Waals surface area contributed by atoms with Crippen LogP contribution in [0.25, 0.3) is 10.2 Å². The summed E-state index contributed by atoms with van der Waals surface area (Å²) in [6.07, 6.45) is 0. The average Bonchev–Trinajstić information content (AvgIpc) is 3.00. The molecule has 2 aromatic carbocycles. The zero-order chi connectivity index (χ0) is 13.7. The number of hydrogen-bond donors (Lipinski definition) is 0. The summed E-state index contributed by atoms with van der Waals surface area (Å²) in [5.74, 6) is -0.209. The van der Waals surface area contributed by atoms with Gasteiger partial charge in [-0.3, -0.25) is 0 Å². The maximum atomic E-state index is 12.6. The van der Waals surface area contributed by atoms with Crippen LogP contribution in [0.2, 0.25) is 0 Å². The molecule has 6 heteroatoms. The van der Waals surface area contributed by atoms with Crippen LogP contribution in [-0.2, 0) is 3.83 Å². The van der Waals surface area contributed by atoms with Gasteiger partial charge in [0.2, 0.25) is 0 Å². The molecule has 20 heavy (non-hydrogen) atoms. The number of para-hydroxylation sites is 1. The summed E-state index contributed by atoms with van der Waals surface area (Å²) in [7, 11) is 0. The Morgan fingerprint density at radius 1 is 1.05 bits per heavy atom. The van der Waals surface area contributed by atoms with Gasteiger partial charge in [0, 0.05) is 0 Å². The van der Waals surface area contributed by atoms with E-state index in [-0.39, 0.29) is 5.91 Å². The van der Waals surface area contributed by atoms with Crippen LogP contribution < -0.4 is 8.38 Å². The van der Waals surface area contributed by atoms with Gasteiger partial charge in [0.25, 0.3) is 0 Å². The summed E-state index contributed by atoms with van der Waals surface area (Å²) >= 11 is -1.17. The van der Waals surface area contributed by atoms with Gasteiger partial charge in [0.15, 0.2) is 0 Å². The average molecular weight is 347 g/mol. The van der Waals surface area contributed by atoms with Gasteiger partial charge < -0.3 is 0 Å². The molecule has 1 amide bonds. The number of thiazole rings is 1. The summed E-state index contributed by atoms with van der Waals surface area (Å²) in [6, 6.07) is 14.7. The number of aromatic nitrogens is 1. The van der Waals surface area contributed by atoms with Crippen LogP contribution in [0.5, 0.6) is 0 Å². The molecular weight excluding hydrogens is 339 g/mol. The van der Waals surface area contributed by atoms with Crippen molar-refractivity contribution in [2.75, 3.05) is 3.92 Å². The van der Waals surface area contributed by atoms with Crippen molar-refractivity contribution in [3.63, 3.8) is 0 Å². The quantitative estimate of drug-likeness (QED) is 0.634. The van der Waals surface area contributed by atoms with E-state index in [2.05, 4.69) is 4.98 Å². The molecule has 1 aliphatic heterocycles. The molecule has 1 unspecified atom stereocenters. The molecule has 1 aromatic heterocycles. The standard InChI is InChI=1S/C14H8N2O2SSe/c17-13-9-5-1-4-8-12(9)20(18)16(13)14-15-10-6-2-3-7-11(10)19-14/h1-8H. The second-order valence-electron chi connectivity index (χ2n) is 4.31. The predicted molar refractivity (Wildman–Crippen MR) is 78.9 cm³/mol. The Morgan fingerprint density at radius 2 is 1.80 bits per heavy atom. The van der Waals surface area contributed by atoms with E-state index < -0.39 is 14.1 Å². The van der Waals surface area contributed by atoms with Crippen LogP contribution >= 0.6 is 11.3 Å². The number of benzene rings is 2. The first kappa shape index (κ1) is 11.9. The van der Waals surface area contributed by atoms with Crippen molar-refractivity contribution in [1.82, 2.24) is 4.98 Å². The molecule has 0 spiro atoms. The summed E-state index contributed by atoms with van der Waals surface area (Å²) < 4.78 is 15.6. The molecule has 0 saturated carbocycles. The topological polar surface area (TPSA) is 50.3 Å². The number of rotatable bonds is 1. The molecule has 98 valence electrons. The van der Waals surface area contributed by atoms with Gasteiger partial charge in [-0.1, -0.05) is 0 Å². The summed E-state index contributed by atoms with van der Waals surface area (Å²) in [6.45, 7) is 0. The molecule has 3 aromatic rings. The fourth-order valence-corrected chi connectivity index (χ4v) is 6.09. The maximum absolute atomic E-state index is 12.6. The van der Waals surface area contributed by atoms with Crippen LogP contribution in [0, 0.1) is 0 Å². The number of fused-ring (bicyclic) bond motifs is 2. The molecule has 0 N–H and O–H groups in total. The second kappa shape index (κ2) is 4.31. The van der Waals surface area contributed by atoms with Crippen molar-refractivity contribution in [3.05, 3.63) is 54.1 Å². The molecule has 1 aliphatic rings. The molecule has 0 radical (unpaired) electrons. The molecule has 0 aliphatic carbocycles. The van der Waals surface area contributed by atoms with Crippen LogP contribution in [0.15, 0.2) is 48.5 Å². The van der Waals surface area contributed by atoms with Gasteiger partial charge in [0.05, 0.1) is 0 Å². The molecular formula is C14H8N2O2SSe. The third-order valence-corrected chi connectivity index (χ3v) is 7.34. The Balaban J connectivity index is 1.88. The number of nitrogens with zero attached hydrogens (tertiary/aromatic N) is 2. The number of carbonyl (C=O) groups excluding carboxylic acids is 1. The minimum atomic E-state index is -2.57. The fourth-order valence-electron chi connectivity index (χ4n) is 2.18. The van der Waals surface area contributed by atoms with Gasteiger partial charge in [0.1, 0.15) is 0 Å². The summed E-state index contributed by atoms with van der Waals surface area (Å²) in [5, 5.41) is 0.521. The van der Waals surface area contributed by atoms with E-state index in [1.807, 2.05) is 30.3 Å². The summed E-state index contributed by atoms with van der Waals surface area (Å²) in [4.78, 5) is 16.8. The first-order valence-corrected chi connectivity index (χ1v) is 9.10. The fraction of sp³-hybridized carbons (Fsp3) is 0. The van der Waals surface area contributed by atoms with Crippen molar-refractivity contribution in [1.29, 1.82) is 0 Å². The first-order valence-electron chi connectivity index (χ1n) is 5.96. The third-order valence-electron chi connectivity index (χ3n) is 3.11. The predicted octanol–water partition coefficient (Wildman–Crippen LogP) is 2.08. The Hall–Kier alpha value is -1.88. The molecule has 0 saturated heterocycles. The van der Waals surface area contributed by atoms with Crippen LogP contribution in [0.3, 0.4) is 0 Å². The number of carbonyl (C=O) groups is 1. The van der Waals surface area contributed by atoms with E-state index in [1.165, 1.54) is 15.3 Å². The van der Waals surface area contributed by atoms with E-state index in [1.54, 1.807) is 18.2 Å². The Labute approximate surface area is 123 Å². The molecule has 4 nitrogen and oxygen atoms in total. The monoisotopic (exact) mass is 348 g/mol. The second-order valence-corrected chi connectivity index (χ2v) is 8.05. The molecule has 1 atom stereocenters. The normalized spacial score (nSPS) is 17.7. The summed E-state index contributed by atoms with van der Waals surface area (Å²) in [5.41, 5.74) is 1.36. The van der Waals surface area contributed by atoms with Crippen LogP contribution in [-0.4, -0.2) is 24.9 Å². The molecule has 4 rings (SSSR count). The van der Waals surface area contributed by atoms with Gasteiger partial charge in [-0.25, -0.2) is 0 Å². The Morgan fingerprint density at radius 3 is 2.60 bits per heavy atom. The number of amides is 1. The van der Waals surface area contributed by atoms with Gasteiger partial charge in [-0.05, 0) is 0 Å². The SMILES string of the molecule is O=C1c2ccccc2[Se](=O)N1c1nc2ccccc2s1. The molecule has 0 fully saturated rings. The van der Waals surface area contributed by atoms with E-state index in [4.69, 9.17) is 0 Å². The van der Waals surface area contributed by atoms with Gasteiger partial charge in [-0.15, -0.1) is 0 Å².